The van der Waals surface area contributed by atoms with Gasteiger partial charge in [-0.2, -0.15) is 5.10 Å². The average molecular weight is 219 g/mol. The molecule has 0 radical (unpaired) electrons. The van der Waals surface area contributed by atoms with Gasteiger partial charge in [0.2, 0.25) is 0 Å². The van der Waals surface area contributed by atoms with Crippen molar-refractivity contribution in [3.8, 4) is 0 Å². The first kappa shape index (κ1) is 10.8. The quantitative estimate of drug-likeness (QED) is 0.856. The van der Waals surface area contributed by atoms with Gasteiger partial charge in [0.05, 0.1) is 12.2 Å². The van der Waals surface area contributed by atoms with E-state index in [4.69, 9.17) is 5.73 Å². The van der Waals surface area contributed by atoms with Crippen LogP contribution in [0.4, 0.5) is 4.39 Å². The highest BCUT2D eigenvalue weighted by Crippen LogP contribution is 2.11. The minimum atomic E-state index is -0.226. The summed E-state index contributed by atoms with van der Waals surface area (Å²) in [5, 5.41) is 4.21. The second kappa shape index (κ2) is 4.45. The SMILES string of the molecule is Cc1ccn(Cc2ccc(CN)cc2F)n1. The van der Waals surface area contributed by atoms with Crippen LogP contribution in [0.25, 0.3) is 0 Å². The molecule has 1 aromatic carbocycles. The van der Waals surface area contributed by atoms with E-state index >= 15 is 0 Å². The van der Waals surface area contributed by atoms with E-state index in [0.717, 1.165) is 11.3 Å². The lowest BCUT2D eigenvalue weighted by Crippen LogP contribution is -2.04. The molecule has 16 heavy (non-hydrogen) atoms. The van der Waals surface area contributed by atoms with E-state index in [0.29, 0.717) is 18.7 Å². The van der Waals surface area contributed by atoms with Crippen molar-refractivity contribution >= 4 is 0 Å². The number of halogens is 1. The van der Waals surface area contributed by atoms with Gasteiger partial charge in [-0.3, -0.25) is 4.68 Å². The Kier molecular flexibility index (Phi) is 3.01. The molecule has 1 heterocycles. The first-order valence-electron chi connectivity index (χ1n) is 5.16. The van der Waals surface area contributed by atoms with Crippen molar-refractivity contribution in [1.82, 2.24) is 9.78 Å². The molecule has 3 nitrogen and oxygen atoms in total. The highest BCUT2D eigenvalue weighted by Gasteiger charge is 2.04. The second-order valence-electron chi connectivity index (χ2n) is 3.78. The van der Waals surface area contributed by atoms with E-state index in [9.17, 15) is 4.39 Å². The molecule has 4 heteroatoms. The molecular formula is C12H14FN3. The van der Waals surface area contributed by atoms with Crippen LogP contribution in [0.2, 0.25) is 0 Å². The zero-order valence-electron chi connectivity index (χ0n) is 9.15. The van der Waals surface area contributed by atoms with Gasteiger partial charge in [-0.25, -0.2) is 4.39 Å². The van der Waals surface area contributed by atoms with Gasteiger partial charge >= 0.3 is 0 Å². The summed E-state index contributed by atoms with van der Waals surface area (Å²) in [5.41, 5.74) is 7.80. The largest absolute Gasteiger partial charge is 0.326 e. The van der Waals surface area contributed by atoms with Crippen molar-refractivity contribution in [2.24, 2.45) is 5.73 Å². The number of aryl methyl sites for hydroxylation is 1. The number of aromatic nitrogens is 2. The molecule has 2 aromatic rings. The number of rotatable bonds is 3. The molecule has 0 fully saturated rings. The van der Waals surface area contributed by atoms with Crippen LogP contribution >= 0.6 is 0 Å². The van der Waals surface area contributed by atoms with Crippen LogP contribution in [0.5, 0.6) is 0 Å². The van der Waals surface area contributed by atoms with Crippen molar-refractivity contribution in [1.29, 1.82) is 0 Å². The standard InChI is InChI=1S/C12H14FN3/c1-9-4-5-16(15-9)8-11-3-2-10(7-14)6-12(11)13/h2-6H,7-8,14H2,1H3. The van der Waals surface area contributed by atoms with E-state index in [-0.39, 0.29) is 5.82 Å². The number of nitrogens with two attached hydrogens (primary N) is 1. The van der Waals surface area contributed by atoms with Gasteiger partial charge in [0.15, 0.2) is 0 Å². The fourth-order valence-corrected chi connectivity index (χ4v) is 1.57. The Bertz CT molecular complexity index is 491. The third-order valence-corrected chi connectivity index (χ3v) is 2.46. The maximum Gasteiger partial charge on any atom is 0.128 e. The highest BCUT2D eigenvalue weighted by atomic mass is 19.1. The molecule has 0 saturated carbocycles. The molecule has 1 aromatic heterocycles. The highest BCUT2D eigenvalue weighted by molar-refractivity contribution is 5.24. The third-order valence-electron chi connectivity index (χ3n) is 2.46. The van der Waals surface area contributed by atoms with Gasteiger partial charge < -0.3 is 5.73 Å². The predicted octanol–water partition coefficient (Wildman–Crippen LogP) is 1.84. The molecule has 0 saturated heterocycles. The monoisotopic (exact) mass is 219 g/mol. The topological polar surface area (TPSA) is 43.8 Å². The summed E-state index contributed by atoms with van der Waals surface area (Å²) in [5.74, 6) is -0.226. The summed E-state index contributed by atoms with van der Waals surface area (Å²) >= 11 is 0. The van der Waals surface area contributed by atoms with Crippen LogP contribution in [-0.4, -0.2) is 9.78 Å². The Hall–Kier alpha value is -1.68. The van der Waals surface area contributed by atoms with Gasteiger partial charge in [-0.05, 0) is 24.6 Å². The average Bonchev–Trinajstić information content (AvgIpc) is 2.67. The van der Waals surface area contributed by atoms with Crippen LogP contribution in [0, 0.1) is 12.7 Å². The zero-order valence-corrected chi connectivity index (χ0v) is 9.15. The fourth-order valence-electron chi connectivity index (χ4n) is 1.57. The molecule has 0 bridgehead atoms. The Morgan fingerprint density at radius 3 is 2.75 bits per heavy atom. The van der Waals surface area contributed by atoms with Crippen LogP contribution in [-0.2, 0) is 13.1 Å². The maximum atomic E-state index is 13.6. The first-order chi connectivity index (χ1) is 7.69. The van der Waals surface area contributed by atoms with Gasteiger partial charge in [-0.15, -0.1) is 0 Å². The second-order valence-corrected chi connectivity index (χ2v) is 3.78. The summed E-state index contributed by atoms with van der Waals surface area (Å²) in [6, 6.07) is 6.97. The molecule has 84 valence electrons. The van der Waals surface area contributed by atoms with E-state index in [2.05, 4.69) is 5.10 Å². The molecule has 0 aliphatic rings. The molecule has 2 N–H and O–H groups in total. The van der Waals surface area contributed by atoms with E-state index in [1.54, 1.807) is 10.7 Å². The van der Waals surface area contributed by atoms with Crippen LogP contribution in [0.3, 0.4) is 0 Å². The lowest BCUT2D eigenvalue weighted by atomic mass is 10.1. The number of hydrogen-bond donors (Lipinski definition) is 1. The smallest absolute Gasteiger partial charge is 0.128 e. The summed E-state index contributed by atoms with van der Waals surface area (Å²) in [6.07, 6.45) is 1.84. The van der Waals surface area contributed by atoms with Gasteiger partial charge in [0, 0.05) is 18.3 Å². The lowest BCUT2D eigenvalue weighted by molar-refractivity contribution is 0.582. The van der Waals surface area contributed by atoms with Crippen molar-refractivity contribution in [3.63, 3.8) is 0 Å². The number of hydrogen-bond acceptors (Lipinski definition) is 2. The van der Waals surface area contributed by atoms with E-state index in [1.807, 2.05) is 25.3 Å². The van der Waals surface area contributed by atoms with E-state index in [1.165, 1.54) is 6.07 Å². The molecule has 2 rings (SSSR count). The Labute approximate surface area is 93.7 Å². The first-order valence-corrected chi connectivity index (χ1v) is 5.16. The summed E-state index contributed by atoms with van der Waals surface area (Å²) in [7, 11) is 0. The Morgan fingerprint density at radius 1 is 1.38 bits per heavy atom. The van der Waals surface area contributed by atoms with Crippen molar-refractivity contribution in [2.45, 2.75) is 20.0 Å². The van der Waals surface area contributed by atoms with Crippen LogP contribution < -0.4 is 5.73 Å². The Morgan fingerprint density at radius 2 is 2.19 bits per heavy atom. The number of benzene rings is 1. The zero-order chi connectivity index (χ0) is 11.5. The molecule has 0 spiro atoms. The molecule has 0 amide bonds. The van der Waals surface area contributed by atoms with Gasteiger partial charge in [0.1, 0.15) is 5.82 Å². The Balaban J connectivity index is 2.21. The third kappa shape index (κ3) is 2.28. The maximum absolute atomic E-state index is 13.6. The van der Waals surface area contributed by atoms with Crippen LogP contribution in [0.15, 0.2) is 30.5 Å². The van der Waals surface area contributed by atoms with Crippen LogP contribution in [0.1, 0.15) is 16.8 Å². The predicted molar refractivity (Wildman–Crippen MR) is 60.4 cm³/mol. The van der Waals surface area contributed by atoms with Gasteiger partial charge in [-0.1, -0.05) is 12.1 Å². The lowest BCUT2D eigenvalue weighted by Gasteiger charge is -2.05. The molecule has 0 atom stereocenters. The molecule has 0 aliphatic carbocycles. The van der Waals surface area contributed by atoms with Crippen molar-refractivity contribution < 1.29 is 4.39 Å². The summed E-state index contributed by atoms with van der Waals surface area (Å²) < 4.78 is 15.4. The normalized spacial score (nSPS) is 10.7. The summed E-state index contributed by atoms with van der Waals surface area (Å²) in [6.45, 7) is 2.72. The number of nitrogens with zero attached hydrogens (tertiary/aromatic N) is 2. The minimum absolute atomic E-state index is 0.226. The van der Waals surface area contributed by atoms with Crippen molar-refractivity contribution in [3.05, 3.63) is 53.1 Å². The minimum Gasteiger partial charge on any atom is -0.326 e. The molecular weight excluding hydrogens is 205 g/mol. The van der Waals surface area contributed by atoms with Gasteiger partial charge in [0.25, 0.3) is 0 Å². The fraction of sp³-hybridized carbons (Fsp3) is 0.250. The van der Waals surface area contributed by atoms with E-state index < -0.39 is 0 Å². The molecule has 0 aliphatic heterocycles. The molecule has 0 unspecified atom stereocenters. The summed E-state index contributed by atoms with van der Waals surface area (Å²) in [4.78, 5) is 0. The van der Waals surface area contributed by atoms with Crippen molar-refractivity contribution in [2.75, 3.05) is 0 Å².